The van der Waals surface area contributed by atoms with Gasteiger partial charge >= 0.3 is 5.97 Å². The summed E-state index contributed by atoms with van der Waals surface area (Å²) in [5.41, 5.74) is 0.628. The molecule has 0 saturated carbocycles. The van der Waals surface area contributed by atoms with Crippen molar-refractivity contribution in [3.8, 4) is 5.75 Å². The number of aromatic hydroxyl groups is 1. The molecule has 6 heteroatoms. The highest BCUT2D eigenvalue weighted by Crippen LogP contribution is 2.24. The molecule has 2 aromatic rings. The lowest BCUT2D eigenvalue weighted by molar-refractivity contribution is -0.139. The Hall–Kier alpha value is -2.53. The fourth-order valence-corrected chi connectivity index (χ4v) is 1.98. The Kier molecular flexibility index (Phi) is 4.45. The summed E-state index contributed by atoms with van der Waals surface area (Å²) in [5.74, 6) is -1.90. The Balaban J connectivity index is 2.23. The van der Waals surface area contributed by atoms with Crippen molar-refractivity contribution < 1.29 is 19.8 Å². The Morgan fingerprint density at radius 3 is 2.33 bits per heavy atom. The molecular weight excluding hydrogens is 294 g/mol. The molecule has 0 aliphatic rings. The number of hydrogen-bond donors (Lipinski definition) is 3. The second kappa shape index (κ2) is 6.28. The predicted molar refractivity (Wildman–Crippen MR) is 77.4 cm³/mol. The maximum atomic E-state index is 12.1. The van der Waals surface area contributed by atoms with Gasteiger partial charge in [-0.15, -0.1) is 0 Å². The Bertz CT molecular complexity index is 673. The molecule has 2 aromatic carbocycles. The predicted octanol–water partition coefficient (Wildman–Crippen LogP) is 2.60. The molecule has 1 atom stereocenters. The number of benzene rings is 2. The number of nitrogens with one attached hydrogen (secondary N) is 1. The zero-order valence-electron chi connectivity index (χ0n) is 10.8. The van der Waals surface area contributed by atoms with Crippen LogP contribution in [0.5, 0.6) is 5.75 Å². The van der Waals surface area contributed by atoms with Gasteiger partial charge in [-0.2, -0.15) is 0 Å². The lowest BCUT2D eigenvalue weighted by atomic mass is 10.1. The number of hydrogen-bond acceptors (Lipinski definition) is 3. The molecule has 0 aliphatic carbocycles. The SMILES string of the molecule is O=C(N[C@H](C(=O)O)c1ccccc1)c1ccc(O)c(Cl)c1. The average molecular weight is 306 g/mol. The first kappa shape index (κ1) is 14.9. The van der Waals surface area contributed by atoms with Gasteiger partial charge in [0.05, 0.1) is 5.02 Å². The molecule has 2 rings (SSSR count). The quantitative estimate of drug-likeness (QED) is 0.810. The Morgan fingerprint density at radius 2 is 1.76 bits per heavy atom. The zero-order valence-corrected chi connectivity index (χ0v) is 11.5. The molecule has 0 radical (unpaired) electrons. The van der Waals surface area contributed by atoms with Gasteiger partial charge in [-0.3, -0.25) is 4.79 Å². The molecule has 0 bridgehead atoms. The van der Waals surface area contributed by atoms with E-state index in [-0.39, 0.29) is 16.3 Å². The molecule has 5 nitrogen and oxygen atoms in total. The van der Waals surface area contributed by atoms with Gasteiger partial charge in [0, 0.05) is 5.56 Å². The van der Waals surface area contributed by atoms with Crippen LogP contribution in [-0.2, 0) is 4.79 Å². The van der Waals surface area contributed by atoms with Crippen molar-refractivity contribution in [3.05, 3.63) is 64.7 Å². The molecule has 1 amide bonds. The van der Waals surface area contributed by atoms with Crippen molar-refractivity contribution in [2.75, 3.05) is 0 Å². The number of carbonyl (C=O) groups excluding carboxylic acids is 1. The lowest BCUT2D eigenvalue weighted by Crippen LogP contribution is -2.33. The number of phenols is 1. The van der Waals surface area contributed by atoms with Crippen LogP contribution in [0.15, 0.2) is 48.5 Å². The van der Waals surface area contributed by atoms with Gasteiger partial charge in [-0.25, -0.2) is 4.79 Å². The fraction of sp³-hybridized carbons (Fsp3) is 0.0667. The first-order valence-corrected chi connectivity index (χ1v) is 6.44. The minimum absolute atomic E-state index is 0.0224. The van der Waals surface area contributed by atoms with Crippen molar-refractivity contribution in [3.63, 3.8) is 0 Å². The van der Waals surface area contributed by atoms with E-state index in [4.69, 9.17) is 11.6 Å². The summed E-state index contributed by atoms with van der Waals surface area (Å²) >= 11 is 5.73. The van der Waals surface area contributed by atoms with E-state index in [0.29, 0.717) is 5.56 Å². The molecule has 0 fully saturated rings. The molecule has 21 heavy (non-hydrogen) atoms. The summed E-state index contributed by atoms with van der Waals surface area (Å²) in [6.45, 7) is 0. The van der Waals surface area contributed by atoms with Crippen molar-refractivity contribution in [1.82, 2.24) is 5.32 Å². The van der Waals surface area contributed by atoms with Gasteiger partial charge in [0.25, 0.3) is 5.91 Å². The maximum Gasteiger partial charge on any atom is 0.330 e. The number of carboxylic acid groups (broad SMARTS) is 1. The summed E-state index contributed by atoms with van der Waals surface area (Å²) in [6.07, 6.45) is 0. The number of rotatable bonds is 4. The summed E-state index contributed by atoms with van der Waals surface area (Å²) in [4.78, 5) is 23.4. The van der Waals surface area contributed by atoms with Crippen molar-refractivity contribution in [1.29, 1.82) is 0 Å². The standard InChI is InChI=1S/C15H12ClNO4/c16-11-8-10(6-7-12(11)18)14(19)17-13(15(20)21)9-4-2-1-3-5-9/h1-8,13,18H,(H,17,19)(H,20,21)/t13-/m0/s1. The molecule has 0 aromatic heterocycles. The van der Waals surface area contributed by atoms with Crippen LogP contribution in [0.25, 0.3) is 0 Å². The zero-order chi connectivity index (χ0) is 15.4. The number of halogens is 1. The number of aliphatic carboxylic acids is 1. The third-order valence-electron chi connectivity index (χ3n) is 2.87. The smallest absolute Gasteiger partial charge is 0.330 e. The number of amides is 1. The third-order valence-corrected chi connectivity index (χ3v) is 3.17. The van der Waals surface area contributed by atoms with Crippen molar-refractivity contribution in [2.24, 2.45) is 0 Å². The van der Waals surface area contributed by atoms with Gasteiger partial charge in [0.2, 0.25) is 0 Å². The van der Waals surface area contributed by atoms with Crippen LogP contribution in [0.1, 0.15) is 22.0 Å². The van der Waals surface area contributed by atoms with Crippen LogP contribution >= 0.6 is 11.6 Å². The summed E-state index contributed by atoms with van der Waals surface area (Å²) in [6, 6.07) is 11.1. The number of carboxylic acids is 1. The Morgan fingerprint density at radius 1 is 1.10 bits per heavy atom. The molecule has 0 heterocycles. The van der Waals surface area contributed by atoms with Crippen LogP contribution in [-0.4, -0.2) is 22.1 Å². The highest BCUT2D eigenvalue weighted by Gasteiger charge is 2.22. The van der Waals surface area contributed by atoms with E-state index in [2.05, 4.69) is 5.32 Å². The highest BCUT2D eigenvalue weighted by atomic mass is 35.5. The number of carbonyl (C=O) groups is 2. The van der Waals surface area contributed by atoms with E-state index in [0.717, 1.165) is 0 Å². The van der Waals surface area contributed by atoms with E-state index in [1.165, 1.54) is 18.2 Å². The van der Waals surface area contributed by atoms with E-state index in [9.17, 15) is 19.8 Å². The van der Waals surface area contributed by atoms with Gasteiger partial charge < -0.3 is 15.5 Å². The van der Waals surface area contributed by atoms with Crippen molar-refractivity contribution in [2.45, 2.75) is 6.04 Å². The molecule has 3 N–H and O–H groups in total. The van der Waals surface area contributed by atoms with E-state index < -0.39 is 17.9 Å². The lowest BCUT2D eigenvalue weighted by Gasteiger charge is -2.15. The minimum atomic E-state index is -1.17. The average Bonchev–Trinajstić information content (AvgIpc) is 2.48. The van der Waals surface area contributed by atoms with Crippen LogP contribution in [0.4, 0.5) is 0 Å². The molecular formula is C15H12ClNO4. The van der Waals surface area contributed by atoms with Crippen LogP contribution < -0.4 is 5.32 Å². The second-order valence-electron chi connectivity index (χ2n) is 4.32. The van der Waals surface area contributed by atoms with Crippen LogP contribution in [0, 0.1) is 0 Å². The first-order chi connectivity index (χ1) is 9.99. The first-order valence-electron chi connectivity index (χ1n) is 6.06. The summed E-state index contributed by atoms with van der Waals surface area (Å²) in [5, 5.41) is 21.0. The topological polar surface area (TPSA) is 86.6 Å². The summed E-state index contributed by atoms with van der Waals surface area (Å²) in [7, 11) is 0. The third kappa shape index (κ3) is 3.52. The Labute approximate surface area is 125 Å². The van der Waals surface area contributed by atoms with Gasteiger partial charge in [0.15, 0.2) is 6.04 Å². The molecule has 108 valence electrons. The molecule has 0 spiro atoms. The maximum absolute atomic E-state index is 12.1. The van der Waals surface area contributed by atoms with E-state index in [1.54, 1.807) is 30.3 Å². The molecule has 0 aliphatic heterocycles. The molecule has 0 saturated heterocycles. The largest absolute Gasteiger partial charge is 0.506 e. The van der Waals surface area contributed by atoms with E-state index >= 15 is 0 Å². The fourth-order valence-electron chi connectivity index (χ4n) is 1.80. The van der Waals surface area contributed by atoms with Crippen molar-refractivity contribution >= 4 is 23.5 Å². The monoisotopic (exact) mass is 305 g/mol. The highest BCUT2D eigenvalue weighted by molar-refractivity contribution is 6.32. The number of phenolic OH excluding ortho intramolecular Hbond substituents is 1. The van der Waals surface area contributed by atoms with Gasteiger partial charge in [-0.05, 0) is 23.8 Å². The van der Waals surface area contributed by atoms with Gasteiger partial charge in [-0.1, -0.05) is 41.9 Å². The normalized spacial score (nSPS) is 11.7. The van der Waals surface area contributed by atoms with E-state index in [1.807, 2.05) is 0 Å². The molecule has 0 unspecified atom stereocenters. The van der Waals surface area contributed by atoms with Gasteiger partial charge in [0.1, 0.15) is 5.75 Å². The summed E-state index contributed by atoms with van der Waals surface area (Å²) < 4.78 is 0. The van der Waals surface area contributed by atoms with Crippen LogP contribution in [0.2, 0.25) is 5.02 Å². The minimum Gasteiger partial charge on any atom is -0.506 e. The second-order valence-corrected chi connectivity index (χ2v) is 4.73. The van der Waals surface area contributed by atoms with Crippen LogP contribution in [0.3, 0.4) is 0 Å².